The Hall–Kier alpha value is -0.670. The van der Waals surface area contributed by atoms with Gasteiger partial charge in [-0.3, -0.25) is 0 Å². The van der Waals surface area contributed by atoms with Gasteiger partial charge in [-0.2, -0.15) is 0 Å². The fraction of sp³-hybridized carbons (Fsp3) is 0.571. The summed E-state index contributed by atoms with van der Waals surface area (Å²) in [5.41, 5.74) is 1.14. The summed E-state index contributed by atoms with van der Waals surface area (Å²) in [5, 5.41) is 9.27. The van der Waals surface area contributed by atoms with E-state index in [2.05, 4.69) is 57.0 Å². The second kappa shape index (κ2) is 6.31. The first kappa shape index (κ1) is 14.4. The minimum absolute atomic E-state index is 0.0639. The lowest BCUT2D eigenvalue weighted by molar-refractivity contribution is 0.165. The molecule has 96 valence electrons. The molecule has 0 amide bonds. The Labute approximate surface area is 109 Å². The molecule has 0 saturated heterocycles. The van der Waals surface area contributed by atoms with Gasteiger partial charge in [-0.15, -0.1) is 11.8 Å². The van der Waals surface area contributed by atoms with Crippen molar-refractivity contribution >= 4 is 17.4 Å². The van der Waals surface area contributed by atoms with Crippen LogP contribution in [0.5, 0.6) is 0 Å². The van der Waals surface area contributed by atoms with Crippen LogP contribution in [0.4, 0.5) is 5.69 Å². The number of hydrogen-bond donors (Lipinski definition) is 1. The molecule has 0 aliphatic heterocycles. The van der Waals surface area contributed by atoms with Gasteiger partial charge in [-0.1, -0.05) is 20.8 Å². The summed E-state index contributed by atoms with van der Waals surface area (Å²) in [5.74, 6) is 1.10. The van der Waals surface area contributed by atoms with Crippen LogP contribution in [0.25, 0.3) is 0 Å². The van der Waals surface area contributed by atoms with Gasteiger partial charge in [-0.05, 0) is 30.0 Å². The van der Waals surface area contributed by atoms with E-state index in [0.717, 1.165) is 12.3 Å². The largest absolute Gasteiger partial charge is 0.396 e. The lowest BCUT2D eigenvalue weighted by Gasteiger charge is -2.30. The lowest BCUT2D eigenvalue weighted by Crippen LogP contribution is -2.33. The molecule has 1 rings (SSSR count). The van der Waals surface area contributed by atoms with E-state index >= 15 is 0 Å². The van der Waals surface area contributed by atoms with Crippen LogP contribution in [0.15, 0.2) is 29.2 Å². The van der Waals surface area contributed by atoms with Crippen molar-refractivity contribution in [3.8, 4) is 0 Å². The van der Waals surface area contributed by atoms with Crippen LogP contribution in [-0.2, 0) is 0 Å². The zero-order valence-corrected chi connectivity index (χ0v) is 12.0. The summed E-state index contributed by atoms with van der Waals surface area (Å²) >= 11 is 1.85. The van der Waals surface area contributed by atoms with Gasteiger partial charge in [0.2, 0.25) is 0 Å². The van der Waals surface area contributed by atoms with E-state index in [0.29, 0.717) is 0 Å². The molecule has 1 aromatic carbocycles. The van der Waals surface area contributed by atoms with Gasteiger partial charge in [0.1, 0.15) is 0 Å². The average Bonchev–Trinajstić information content (AvgIpc) is 2.30. The highest BCUT2D eigenvalue weighted by molar-refractivity contribution is 7.99. The summed E-state index contributed by atoms with van der Waals surface area (Å²) in [6.45, 7) is 7.37. The smallest absolute Gasteiger partial charge is 0.0499 e. The number of hydrogen-bond acceptors (Lipinski definition) is 3. The van der Waals surface area contributed by atoms with Crippen LogP contribution >= 0.6 is 11.8 Å². The first-order chi connectivity index (χ1) is 7.98. The third-order valence-electron chi connectivity index (χ3n) is 2.68. The highest BCUT2D eigenvalue weighted by Crippen LogP contribution is 2.24. The molecule has 0 unspecified atom stereocenters. The predicted molar refractivity (Wildman–Crippen MR) is 77.0 cm³/mol. The van der Waals surface area contributed by atoms with Crippen LogP contribution in [0, 0.1) is 5.41 Å². The van der Waals surface area contributed by atoms with Crippen molar-refractivity contribution in [2.24, 2.45) is 5.41 Å². The highest BCUT2D eigenvalue weighted by atomic mass is 32.2. The standard InChI is InChI=1S/C14H23NOS/c1-5-17-13-8-6-12(7-9-13)15(4)10-14(2,3)11-16/h6-9,16H,5,10-11H2,1-4H3. The number of aliphatic hydroxyl groups is 1. The van der Waals surface area contributed by atoms with Gasteiger partial charge < -0.3 is 10.0 Å². The van der Waals surface area contributed by atoms with E-state index in [1.165, 1.54) is 10.6 Å². The van der Waals surface area contributed by atoms with Crippen LogP contribution in [0.1, 0.15) is 20.8 Å². The second-order valence-electron chi connectivity index (χ2n) is 5.11. The fourth-order valence-electron chi connectivity index (χ4n) is 1.75. The Morgan fingerprint density at radius 2 is 1.82 bits per heavy atom. The highest BCUT2D eigenvalue weighted by Gasteiger charge is 2.19. The Morgan fingerprint density at radius 3 is 2.29 bits per heavy atom. The minimum atomic E-state index is -0.0639. The molecule has 3 heteroatoms. The van der Waals surface area contributed by atoms with E-state index in [9.17, 15) is 5.11 Å². The van der Waals surface area contributed by atoms with E-state index in [1.807, 2.05) is 11.8 Å². The maximum Gasteiger partial charge on any atom is 0.0499 e. The van der Waals surface area contributed by atoms with Gasteiger partial charge in [0.25, 0.3) is 0 Å². The monoisotopic (exact) mass is 253 g/mol. The molecule has 2 nitrogen and oxygen atoms in total. The Bertz CT molecular complexity index is 335. The maximum atomic E-state index is 9.27. The van der Waals surface area contributed by atoms with Crippen molar-refractivity contribution in [1.29, 1.82) is 0 Å². The quantitative estimate of drug-likeness (QED) is 0.787. The van der Waals surface area contributed by atoms with Crippen molar-refractivity contribution in [3.63, 3.8) is 0 Å². The van der Waals surface area contributed by atoms with Gasteiger partial charge >= 0.3 is 0 Å². The molecule has 0 aromatic heterocycles. The normalized spacial score (nSPS) is 11.6. The zero-order chi connectivity index (χ0) is 12.9. The topological polar surface area (TPSA) is 23.5 Å². The second-order valence-corrected chi connectivity index (χ2v) is 6.44. The number of nitrogens with zero attached hydrogens (tertiary/aromatic N) is 1. The molecule has 1 N–H and O–H groups in total. The predicted octanol–water partition coefficient (Wildman–Crippen LogP) is 3.25. The van der Waals surface area contributed by atoms with Crippen molar-refractivity contribution in [2.45, 2.75) is 25.7 Å². The molecule has 0 saturated carbocycles. The first-order valence-corrected chi connectivity index (χ1v) is 7.02. The number of thioether (sulfide) groups is 1. The molecule has 0 spiro atoms. The molecule has 0 fully saturated rings. The van der Waals surface area contributed by atoms with Crippen molar-refractivity contribution in [1.82, 2.24) is 0 Å². The number of anilines is 1. The molecular weight excluding hydrogens is 230 g/mol. The van der Waals surface area contributed by atoms with Gasteiger partial charge in [0.05, 0.1) is 0 Å². The Kier molecular flexibility index (Phi) is 5.34. The zero-order valence-electron chi connectivity index (χ0n) is 11.2. The van der Waals surface area contributed by atoms with E-state index < -0.39 is 0 Å². The van der Waals surface area contributed by atoms with Gasteiger partial charge in [0.15, 0.2) is 0 Å². The van der Waals surface area contributed by atoms with Crippen LogP contribution < -0.4 is 4.90 Å². The molecule has 0 radical (unpaired) electrons. The van der Waals surface area contributed by atoms with Crippen LogP contribution in [-0.4, -0.2) is 31.1 Å². The maximum absolute atomic E-state index is 9.27. The first-order valence-electron chi connectivity index (χ1n) is 6.03. The number of aliphatic hydroxyl groups excluding tert-OH is 1. The van der Waals surface area contributed by atoms with Gasteiger partial charge in [0, 0.05) is 36.2 Å². The van der Waals surface area contributed by atoms with Crippen molar-refractivity contribution in [3.05, 3.63) is 24.3 Å². The van der Waals surface area contributed by atoms with E-state index in [4.69, 9.17) is 0 Å². The number of rotatable bonds is 6. The molecule has 17 heavy (non-hydrogen) atoms. The Morgan fingerprint density at radius 1 is 1.24 bits per heavy atom. The lowest BCUT2D eigenvalue weighted by atomic mass is 9.94. The SMILES string of the molecule is CCSc1ccc(N(C)CC(C)(C)CO)cc1. The molecule has 0 atom stereocenters. The molecule has 0 aliphatic carbocycles. The molecule has 0 heterocycles. The van der Waals surface area contributed by atoms with Gasteiger partial charge in [-0.25, -0.2) is 0 Å². The molecule has 0 bridgehead atoms. The van der Waals surface area contributed by atoms with Crippen molar-refractivity contribution in [2.75, 3.05) is 30.9 Å². The molecular formula is C14H23NOS. The third-order valence-corrected chi connectivity index (χ3v) is 3.58. The van der Waals surface area contributed by atoms with Crippen molar-refractivity contribution < 1.29 is 5.11 Å². The summed E-state index contributed by atoms with van der Waals surface area (Å²) in [6, 6.07) is 8.61. The fourth-order valence-corrected chi connectivity index (χ4v) is 2.41. The summed E-state index contributed by atoms with van der Waals surface area (Å²) in [4.78, 5) is 3.50. The summed E-state index contributed by atoms with van der Waals surface area (Å²) in [6.07, 6.45) is 0. The molecule has 1 aromatic rings. The minimum Gasteiger partial charge on any atom is -0.396 e. The summed E-state index contributed by atoms with van der Waals surface area (Å²) < 4.78 is 0. The van der Waals surface area contributed by atoms with Crippen LogP contribution in [0.2, 0.25) is 0 Å². The third kappa shape index (κ3) is 4.60. The number of benzene rings is 1. The summed E-state index contributed by atoms with van der Waals surface area (Å²) in [7, 11) is 2.07. The van der Waals surface area contributed by atoms with E-state index in [-0.39, 0.29) is 12.0 Å². The van der Waals surface area contributed by atoms with Crippen LogP contribution in [0.3, 0.4) is 0 Å². The average molecular weight is 253 g/mol. The molecule has 0 aliphatic rings. The Balaban J connectivity index is 2.66. The van der Waals surface area contributed by atoms with E-state index in [1.54, 1.807) is 0 Å².